The number of thiophene rings is 1. The maximum absolute atomic E-state index is 12.3. The van der Waals surface area contributed by atoms with Crippen LogP contribution in [0.2, 0.25) is 0 Å². The standard InChI is InChI=1S/C11H12BrN3O2S/c12-9-2-1-8(18-9)10(16)14-3-4-15-7(6-14)5-13-11(15)17/h1-2,7H,3-6H2,(H,13,17). The van der Waals surface area contributed by atoms with Gasteiger partial charge in [0.05, 0.1) is 14.7 Å². The Kier molecular flexibility index (Phi) is 3.03. The van der Waals surface area contributed by atoms with E-state index in [2.05, 4.69) is 21.2 Å². The fraction of sp³-hybridized carbons (Fsp3) is 0.455. The van der Waals surface area contributed by atoms with Crippen LogP contribution in [0.4, 0.5) is 4.79 Å². The molecule has 0 radical (unpaired) electrons. The monoisotopic (exact) mass is 329 g/mol. The normalized spacial score (nSPS) is 22.9. The third-order valence-electron chi connectivity index (χ3n) is 3.30. The first-order valence-corrected chi connectivity index (χ1v) is 7.35. The molecule has 2 aliphatic rings. The third kappa shape index (κ3) is 2.01. The van der Waals surface area contributed by atoms with Crippen molar-refractivity contribution in [1.82, 2.24) is 15.1 Å². The number of nitrogens with one attached hydrogen (secondary N) is 1. The van der Waals surface area contributed by atoms with Crippen LogP contribution < -0.4 is 5.32 Å². The number of carbonyl (C=O) groups is 2. The van der Waals surface area contributed by atoms with Gasteiger partial charge < -0.3 is 15.1 Å². The van der Waals surface area contributed by atoms with E-state index < -0.39 is 0 Å². The third-order valence-corrected chi connectivity index (χ3v) is 4.92. The highest BCUT2D eigenvalue weighted by molar-refractivity contribution is 9.11. The lowest BCUT2D eigenvalue weighted by Crippen LogP contribution is -2.53. The minimum absolute atomic E-state index is 0.00836. The number of nitrogens with zero attached hydrogens (tertiary/aromatic N) is 2. The first-order chi connectivity index (χ1) is 8.65. The number of piperazine rings is 1. The van der Waals surface area contributed by atoms with E-state index in [1.165, 1.54) is 11.3 Å². The van der Waals surface area contributed by atoms with Gasteiger partial charge in [0.2, 0.25) is 0 Å². The van der Waals surface area contributed by atoms with Crippen molar-refractivity contribution in [3.05, 3.63) is 20.8 Å². The minimum atomic E-state index is -0.00836. The molecule has 2 saturated heterocycles. The lowest BCUT2D eigenvalue weighted by molar-refractivity contribution is 0.0621. The van der Waals surface area contributed by atoms with Crippen LogP contribution in [0.3, 0.4) is 0 Å². The van der Waals surface area contributed by atoms with Crippen LogP contribution in [0.5, 0.6) is 0 Å². The molecule has 0 bridgehead atoms. The number of amides is 3. The molecular formula is C11H12BrN3O2S. The molecule has 2 aliphatic heterocycles. The van der Waals surface area contributed by atoms with Gasteiger partial charge in [-0.2, -0.15) is 0 Å². The van der Waals surface area contributed by atoms with Crippen LogP contribution in [0, 0.1) is 0 Å². The second kappa shape index (κ2) is 4.55. The molecule has 3 rings (SSSR count). The smallest absolute Gasteiger partial charge is 0.317 e. The van der Waals surface area contributed by atoms with Crippen molar-refractivity contribution < 1.29 is 9.59 Å². The van der Waals surface area contributed by atoms with E-state index in [9.17, 15) is 9.59 Å². The van der Waals surface area contributed by atoms with Gasteiger partial charge in [0.25, 0.3) is 5.91 Å². The maximum atomic E-state index is 12.3. The summed E-state index contributed by atoms with van der Waals surface area (Å²) in [5.41, 5.74) is 0. The molecule has 1 aromatic rings. The zero-order valence-electron chi connectivity index (χ0n) is 9.56. The Morgan fingerprint density at radius 3 is 3.00 bits per heavy atom. The molecule has 1 atom stereocenters. The molecule has 1 N–H and O–H groups in total. The molecule has 96 valence electrons. The Labute approximate surface area is 117 Å². The van der Waals surface area contributed by atoms with Gasteiger partial charge in [0.15, 0.2) is 0 Å². The van der Waals surface area contributed by atoms with E-state index in [1.54, 1.807) is 0 Å². The molecule has 0 aliphatic carbocycles. The molecule has 5 nitrogen and oxygen atoms in total. The van der Waals surface area contributed by atoms with Gasteiger partial charge in [-0.05, 0) is 28.1 Å². The van der Waals surface area contributed by atoms with Crippen LogP contribution in [0.1, 0.15) is 9.67 Å². The summed E-state index contributed by atoms with van der Waals surface area (Å²) in [6, 6.07) is 3.83. The van der Waals surface area contributed by atoms with Gasteiger partial charge in [-0.15, -0.1) is 11.3 Å². The fourth-order valence-corrected chi connectivity index (χ4v) is 3.73. The zero-order chi connectivity index (χ0) is 12.7. The van der Waals surface area contributed by atoms with Crippen molar-refractivity contribution >= 4 is 39.2 Å². The number of fused-ring (bicyclic) bond motifs is 1. The molecule has 1 unspecified atom stereocenters. The average Bonchev–Trinajstić information content (AvgIpc) is 2.95. The molecule has 0 aromatic carbocycles. The van der Waals surface area contributed by atoms with E-state index >= 15 is 0 Å². The van der Waals surface area contributed by atoms with Crippen molar-refractivity contribution in [3.63, 3.8) is 0 Å². The summed E-state index contributed by atoms with van der Waals surface area (Å²) < 4.78 is 0.960. The number of hydrogen-bond donors (Lipinski definition) is 1. The highest BCUT2D eigenvalue weighted by atomic mass is 79.9. The zero-order valence-corrected chi connectivity index (χ0v) is 12.0. The van der Waals surface area contributed by atoms with Crippen LogP contribution >= 0.6 is 27.3 Å². The number of rotatable bonds is 1. The minimum Gasteiger partial charge on any atom is -0.336 e. The predicted molar refractivity (Wildman–Crippen MR) is 71.8 cm³/mol. The molecule has 3 heterocycles. The van der Waals surface area contributed by atoms with Crippen LogP contribution in [-0.4, -0.2) is 54.0 Å². The highest BCUT2D eigenvalue weighted by Gasteiger charge is 2.37. The Hall–Kier alpha value is -1.08. The second-order valence-corrected chi connectivity index (χ2v) is 6.85. The number of urea groups is 1. The van der Waals surface area contributed by atoms with Gasteiger partial charge in [-0.25, -0.2) is 4.79 Å². The molecular weight excluding hydrogens is 318 g/mol. The Bertz CT molecular complexity index is 504. The van der Waals surface area contributed by atoms with Crippen molar-refractivity contribution in [2.45, 2.75) is 6.04 Å². The quantitative estimate of drug-likeness (QED) is 0.845. The second-order valence-electron chi connectivity index (χ2n) is 4.39. The van der Waals surface area contributed by atoms with E-state index in [0.29, 0.717) is 26.2 Å². The van der Waals surface area contributed by atoms with Crippen LogP contribution in [0.25, 0.3) is 0 Å². The summed E-state index contributed by atoms with van der Waals surface area (Å²) in [6.07, 6.45) is 0. The number of carbonyl (C=O) groups excluding carboxylic acids is 2. The SMILES string of the molecule is O=C(c1ccc(Br)s1)N1CCN2C(=O)NCC2C1. The van der Waals surface area contributed by atoms with Crippen molar-refractivity contribution in [2.24, 2.45) is 0 Å². The lowest BCUT2D eigenvalue weighted by Gasteiger charge is -2.36. The summed E-state index contributed by atoms with van der Waals surface area (Å²) in [5, 5.41) is 2.81. The summed E-state index contributed by atoms with van der Waals surface area (Å²) in [5.74, 6) is 0.0599. The van der Waals surface area contributed by atoms with Crippen LogP contribution in [0.15, 0.2) is 15.9 Å². The van der Waals surface area contributed by atoms with E-state index in [1.807, 2.05) is 21.9 Å². The summed E-state index contributed by atoms with van der Waals surface area (Å²) >= 11 is 4.81. The molecule has 18 heavy (non-hydrogen) atoms. The number of hydrogen-bond acceptors (Lipinski definition) is 3. The van der Waals surface area contributed by atoms with E-state index in [4.69, 9.17) is 0 Å². The van der Waals surface area contributed by atoms with Crippen molar-refractivity contribution in [3.8, 4) is 0 Å². The first-order valence-electron chi connectivity index (χ1n) is 5.74. The molecule has 3 amide bonds. The van der Waals surface area contributed by atoms with Gasteiger partial charge in [-0.3, -0.25) is 4.79 Å². The first kappa shape index (κ1) is 12.0. The topological polar surface area (TPSA) is 52.7 Å². The predicted octanol–water partition coefficient (Wildman–Crippen LogP) is 1.36. The summed E-state index contributed by atoms with van der Waals surface area (Å²) in [7, 11) is 0. The average molecular weight is 330 g/mol. The molecule has 7 heteroatoms. The van der Waals surface area contributed by atoms with Crippen molar-refractivity contribution in [1.29, 1.82) is 0 Å². The maximum Gasteiger partial charge on any atom is 0.317 e. The summed E-state index contributed by atoms with van der Waals surface area (Å²) in [6.45, 7) is 2.48. The van der Waals surface area contributed by atoms with Gasteiger partial charge in [0.1, 0.15) is 0 Å². The molecule has 1 aromatic heterocycles. The Morgan fingerprint density at radius 1 is 1.44 bits per heavy atom. The van der Waals surface area contributed by atoms with Gasteiger partial charge in [-0.1, -0.05) is 0 Å². The van der Waals surface area contributed by atoms with Crippen LogP contribution in [-0.2, 0) is 0 Å². The van der Waals surface area contributed by atoms with E-state index in [-0.39, 0.29) is 18.0 Å². The van der Waals surface area contributed by atoms with Crippen molar-refractivity contribution in [2.75, 3.05) is 26.2 Å². The fourth-order valence-electron chi connectivity index (χ4n) is 2.37. The Morgan fingerprint density at radius 2 is 2.28 bits per heavy atom. The Balaban J connectivity index is 1.71. The molecule has 2 fully saturated rings. The largest absolute Gasteiger partial charge is 0.336 e. The number of halogens is 1. The highest BCUT2D eigenvalue weighted by Crippen LogP contribution is 2.24. The summed E-state index contributed by atoms with van der Waals surface area (Å²) in [4.78, 5) is 28.1. The lowest BCUT2D eigenvalue weighted by atomic mass is 10.2. The van der Waals surface area contributed by atoms with Gasteiger partial charge >= 0.3 is 6.03 Å². The van der Waals surface area contributed by atoms with Gasteiger partial charge in [0, 0.05) is 26.2 Å². The molecule has 0 spiro atoms. The van der Waals surface area contributed by atoms with E-state index in [0.717, 1.165) is 8.66 Å². The molecule has 0 saturated carbocycles.